The van der Waals surface area contributed by atoms with Crippen LogP contribution in [-0.4, -0.2) is 35.8 Å². The van der Waals surface area contributed by atoms with Crippen molar-refractivity contribution in [3.8, 4) is 0 Å². The summed E-state index contributed by atoms with van der Waals surface area (Å²) in [6.07, 6.45) is 10.4. The van der Waals surface area contributed by atoms with E-state index in [4.69, 9.17) is 0 Å². The first-order chi connectivity index (χ1) is 13.9. The van der Waals surface area contributed by atoms with Crippen LogP contribution in [0.5, 0.6) is 0 Å². The van der Waals surface area contributed by atoms with Crippen molar-refractivity contribution in [1.82, 2.24) is 0 Å². The molecule has 0 aliphatic rings. The zero-order chi connectivity index (χ0) is 23.9. The Morgan fingerprint density at radius 1 is 0.312 bits per heavy atom. The molecule has 14 heteroatoms. The topological polar surface area (TPSA) is 241 Å². The third-order valence-corrected chi connectivity index (χ3v) is 1.73. The van der Waals surface area contributed by atoms with E-state index in [2.05, 4.69) is 0 Å². The molecule has 0 aromatic rings. The van der Waals surface area contributed by atoms with E-state index < -0.39 is 35.8 Å². The van der Waals surface area contributed by atoms with Gasteiger partial charge < -0.3 is 59.4 Å². The molecule has 0 unspecified atom stereocenters. The molecule has 2 radical (unpaired) electrons. The third-order valence-electron chi connectivity index (χ3n) is 1.73. The molecule has 0 fully saturated rings. The number of carbonyl (C=O) groups excluding carboxylic acids is 6. The number of rotatable bonds is 9. The van der Waals surface area contributed by atoms with Crippen molar-refractivity contribution in [2.24, 2.45) is 0 Å². The van der Waals surface area contributed by atoms with Gasteiger partial charge in [0.1, 0.15) is 0 Å². The molecule has 0 aliphatic heterocycles. The molecule has 0 spiro atoms. The van der Waals surface area contributed by atoms with Crippen LogP contribution in [0.15, 0.2) is 72.9 Å². The maximum atomic E-state index is 9.65. The molecule has 0 saturated heterocycles. The first kappa shape index (κ1) is 38.8. The molecule has 0 atom stereocenters. The van der Waals surface area contributed by atoms with E-state index in [0.717, 1.165) is 36.5 Å². The van der Waals surface area contributed by atoms with E-state index in [0.29, 0.717) is 36.5 Å². The largest absolute Gasteiger partial charge is 3.00 e. The van der Waals surface area contributed by atoms with Gasteiger partial charge in [-0.15, -0.1) is 0 Å². The van der Waals surface area contributed by atoms with Crippen molar-refractivity contribution in [1.29, 1.82) is 0 Å². The van der Waals surface area contributed by atoms with Crippen LogP contribution in [0, 0.1) is 0 Å². The maximum Gasteiger partial charge on any atom is 3.00 e. The third kappa shape index (κ3) is 56.2. The van der Waals surface area contributed by atoms with E-state index in [9.17, 15) is 59.4 Å². The Morgan fingerprint density at radius 3 is 0.469 bits per heavy atom. The van der Waals surface area contributed by atoms with E-state index in [1.165, 1.54) is 0 Å². The number of carbonyl (C=O) groups is 6. The molecule has 12 nitrogen and oxygen atoms in total. The van der Waals surface area contributed by atoms with Gasteiger partial charge >= 0.3 is 34.1 Å². The van der Waals surface area contributed by atoms with E-state index >= 15 is 0 Å². The van der Waals surface area contributed by atoms with Gasteiger partial charge in [-0.3, -0.25) is 0 Å². The minimum Gasteiger partial charge on any atom is -0.545 e. The van der Waals surface area contributed by atoms with Crippen molar-refractivity contribution in [2.75, 3.05) is 0 Å². The summed E-state index contributed by atoms with van der Waals surface area (Å²) in [7, 11) is 0. The molecule has 172 valence electrons. The molecule has 0 aromatic carbocycles. The van der Waals surface area contributed by atoms with Crippen molar-refractivity contribution in [3.63, 3.8) is 0 Å². The number of aliphatic carboxylic acids is 6. The monoisotopic (exact) mass is 532 g/mol. The molecule has 0 aromatic heterocycles. The number of carboxylic acid groups (broad SMARTS) is 6. The fourth-order valence-electron chi connectivity index (χ4n) is 0.805. The van der Waals surface area contributed by atoms with Gasteiger partial charge in [0.15, 0.2) is 0 Å². The fourth-order valence-corrected chi connectivity index (χ4v) is 0.805. The minimum absolute atomic E-state index is 0. The quantitative estimate of drug-likeness (QED) is 0.153. The van der Waals surface area contributed by atoms with Gasteiger partial charge in [-0.1, -0.05) is 36.5 Å². The predicted octanol–water partition coefficient (Wildman–Crippen LogP) is -7.21. The van der Waals surface area contributed by atoms with Gasteiger partial charge in [-0.05, 0) is 36.5 Å². The van der Waals surface area contributed by atoms with E-state index in [1.807, 2.05) is 0 Å². The molecule has 0 aliphatic carbocycles. The second kappa shape index (κ2) is 27.3. The van der Waals surface area contributed by atoms with Gasteiger partial charge in [0, 0.05) is 0 Å². The Bertz CT molecular complexity index is 619. The summed E-state index contributed by atoms with van der Waals surface area (Å²) in [5.74, 6) is -8.23. The molecule has 0 rings (SSSR count). The molecule has 0 bridgehead atoms. The Balaban J connectivity index is -0.000000110. The Kier molecular flexibility index (Phi) is 33.1. The van der Waals surface area contributed by atoms with E-state index in [-0.39, 0.29) is 34.1 Å². The summed E-state index contributed by atoms with van der Waals surface area (Å²) >= 11 is 0. The molecule has 0 amide bonds. The van der Waals surface area contributed by atoms with Crippen LogP contribution < -0.4 is 30.6 Å². The van der Waals surface area contributed by atoms with Gasteiger partial charge in [0.25, 0.3) is 0 Å². The van der Waals surface area contributed by atoms with Crippen molar-refractivity contribution in [2.45, 2.75) is 0 Å². The average Bonchev–Trinajstić information content (AvgIpc) is 2.60. The Morgan fingerprint density at radius 2 is 0.406 bits per heavy atom. The predicted molar refractivity (Wildman–Crippen MR) is 84.9 cm³/mol. The van der Waals surface area contributed by atoms with Crippen LogP contribution in [0.4, 0.5) is 0 Å². The second-order valence-electron chi connectivity index (χ2n) is 4.07. The second-order valence-corrected chi connectivity index (χ2v) is 4.07. The average molecular weight is 532 g/mol. The Hall–Kier alpha value is -3.70. The molecule has 0 N–H and O–H groups in total. The maximum absolute atomic E-state index is 9.65. The SMILES string of the molecule is O=C([O-])C=CC=CC(=O)[O-].O=C([O-])C=CC=CC(=O)[O-].O=C([O-])C=CC=CC(=O)[O-].[Fe+3].[Fe+3]. The van der Waals surface area contributed by atoms with Crippen LogP contribution in [0.1, 0.15) is 0 Å². The zero-order valence-electron chi connectivity index (χ0n) is 15.5. The van der Waals surface area contributed by atoms with Crippen LogP contribution in [0.3, 0.4) is 0 Å². The van der Waals surface area contributed by atoms with Gasteiger partial charge in [0.05, 0.1) is 35.8 Å². The molecular weight excluding hydrogens is 520 g/mol. The molecule has 0 saturated carbocycles. The summed E-state index contributed by atoms with van der Waals surface area (Å²) in [4.78, 5) is 57.9. The normalized spacial score (nSPS) is 10.1. The standard InChI is InChI=1S/3C6H6O4.2Fe/c3*7-5(8)3-1-2-4-6(9)10;;/h3*1-4H,(H,7,8)(H,9,10);;/q;;;2*+3/p-6. The summed E-state index contributed by atoms with van der Waals surface area (Å²) < 4.78 is 0. The van der Waals surface area contributed by atoms with Crippen molar-refractivity contribution >= 4 is 35.8 Å². The summed E-state index contributed by atoms with van der Waals surface area (Å²) in [5.41, 5.74) is 0. The number of hydrogen-bond donors (Lipinski definition) is 0. The van der Waals surface area contributed by atoms with Crippen LogP contribution in [-0.2, 0) is 62.9 Å². The van der Waals surface area contributed by atoms with E-state index in [1.54, 1.807) is 0 Å². The molecular formula is C18H12Fe2O12. The zero-order valence-corrected chi connectivity index (χ0v) is 17.7. The minimum atomic E-state index is -1.37. The summed E-state index contributed by atoms with van der Waals surface area (Å²) in [5, 5.41) is 57.9. The summed E-state index contributed by atoms with van der Waals surface area (Å²) in [6, 6.07) is 0. The molecule has 32 heavy (non-hydrogen) atoms. The number of hydrogen-bond acceptors (Lipinski definition) is 12. The van der Waals surface area contributed by atoms with Crippen LogP contribution in [0.25, 0.3) is 0 Å². The van der Waals surface area contributed by atoms with Crippen LogP contribution >= 0.6 is 0 Å². The molecule has 0 heterocycles. The van der Waals surface area contributed by atoms with Gasteiger partial charge in [-0.25, -0.2) is 0 Å². The van der Waals surface area contributed by atoms with Crippen molar-refractivity contribution < 1.29 is 93.5 Å². The Labute approximate surface area is 202 Å². The first-order valence-corrected chi connectivity index (χ1v) is 7.18. The van der Waals surface area contributed by atoms with Crippen LogP contribution in [0.2, 0.25) is 0 Å². The van der Waals surface area contributed by atoms with Crippen molar-refractivity contribution in [3.05, 3.63) is 72.9 Å². The number of allylic oxidation sites excluding steroid dienone is 6. The number of carboxylic acids is 6. The van der Waals surface area contributed by atoms with Gasteiger partial charge in [0.2, 0.25) is 0 Å². The smallest absolute Gasteiger partial charge is 0.545 e. The summed E-state index contributed by atoms with van der Waals surface area (Å²) in [6.45, 7) is 0. The van der Waals surface area contributed by atoms with Gasteiger partial charge in [-0.2, -0.15) is 0 Å². The first-order valence-electron chi connectivity index (χ1n) is 7.18. The fraction of sp³-hybridized carbons (Fsp3) is 0.